The first-order chi connectivity index (χ1) is 13.0. The van der Waals surface area contributed by atoms with Crippen LogP contribution < -0.4 is 14.8 Å². The number of hydrogen-bond donors (Lipinski definition) is 1. The maximum Gasteiger partial charge on any atom is 0.340 e. The maximum absolute atomic E-state index is 12.3. The van der Waals surface area contributed by atoms with Gasteiger partial charge >= 0.3 is 5.97 Å². The number of rotatable bonds is 7. The molecule has 0 unspecified atom stereocenters. The Bertz CT molecular complexity index is 863. The molecule has 0 radical (unpaired) electrons. The Morgan fingerprint density at radius 2 is 1.89 bits per heavy atom. The molecule has 7 heteroatoms. The first-order valence-electron chi connectivity index (χ1n) is 8.16. The largest absolute Gasteiger partial charge is 0.493 e. The molecular formula is C20H20BrNO5. The summed E-state index contributed by atoms with van der Waals surface area (Å²) in [6.45, 7) is 1.98. The zero-order chi connectivity index (χ0) is 19.8. The van der Waals surface area contributed by atoms with Crippen molar-refractivity contribution in [1.82, 2.24) is 0 Å². The fourth-order valence-electron chi connectivity index (χ4n) is 2.36. The van der Waals surface area contributed by atoms with Gasteiger partial charge in [0.25, 0.3) is 0 Å². The van der Waals surface area contributed by atoms with Crippen LogP contribution in [-0.4, -0.2) is 32.7 Å². The number of anilines is 1. The molecule has 6 nitrogen and oxygen atoms in total. The predicted octanol–water partition coefficient (Wildman–Crippen LogP) is 4.29. The number of benzene rings is 2. The molecule has 27 heavy (non-hydrogen) atoms. The van der Waals surface area contributed by atoms with E-state index < -0.39 is 5.97 Å². The molecule has 0 heterocycles. The van der Waals surface area contributed by atoms with E-state index in [0.717, 1.165) is 5.56 Å². The van der Waals surface area contributed by atoms with Crippen molar-refractivity contribution >= 4 is 39.6 Å². The molecule has 2 aromatic rings. The first kappa shape index (κ1) is 20.5. The average Bonchev–Trinajstić information content (AvgIpc) is 2.66. The van der Waals surface area contributed by atoms with Crippen LogP contribution in [0.5, 0.6) is 11.5 Å². The number of ether oxygens (including phenoxy) is 3. The second kappa shape index (κ2) is 9.78. The van der Waals surface area contributed by atoms with E-state index in [0.29, 0.717) is 27.2 Å². The van der Waals surface area contributed by atoms with Crippen molar-refractivity contribution in [3.8, 4) is 11.5 Å². The third kappa shape index (κ3) is 5.34. The lowest BCUT2D eigenvalue weighted by Gasteiger charge is -2.10. The van der Waals surface area contributed by atoms with Gasteiger partial charge in [-0.25, -0.2) is 4.79 Å². The van der Waals surface area contributed by atoms with Crippen LogP contribution in [0.25, 0.3) is 6.08 Å². The van der Waals surface area contributed by atoms with Crippen molar-refractivity contribution in [3.05, 3.63) is 58.1 Å². The highest BCUT2D eigenvalue weighted by molar-refractivity contribution is 9.10. The molecule has 1 N–H and O–H groups in total. The molecular weight excluding hydrogens is 414 g/mol. The predicted molar refractivity (Wildman–Crippen MR) is 107 cm³/mol. The number of para-hydroxylation sites is 1. The number of halogens is 1. The van der Waals surface area contributed by atoms with Crippen LogP contribution in [-0.2, 0) is 9.53 Å². The molecule has 0 aliphatic carbocycles. The third-order valence-corrected chi connectivity index (χ3v) is 4.15. The van der Waals surface area contributed by atoms with Gasteiger partial charge in [-0.05, 0) is 58.8 Å². The Balaban J connectivity index is 2.17. The Hall–Kier alpha value is -2.80. The van der Waals surface area contributed by atoms with Crippen molar-refractivity contribution < 1.29 is 23.8 Å². The van der Waals surface area contributed by atoms with Gasteiger partial charge in [-0.3, -0.25) is 4.79 Å². The van der Waals surface area contributed by atoms with Gasteiger partial charge in [0.2, 0.25) is 5.91 Å². The summed E-state index contributed by atoms with van der Waals surface area (Å²) in [5.74, 6) is 0.251. The molecule has 2 rings (SSSR count). The molecule has 0 aliphatic heterocycles. The summed E-state index contributed by atoms with van der Waals surface area (Å²) in [6, 6.07) is 10.2. The molecule has 0 atom stereocenters. The quantitative estimate of drug-likeness (QED) is 0.520. The minimum atomic E-state index is -0.485. The topological polar surface area (TPSA) is 73.9 Å². The van der Waals surface area contributed by atoms with Gasteiger partial charge in [-0.2, -0.15) is 0 Å². The van der Waals surface area contributed by atoms with Gasteiger partial charge in [0.05, 0.1) is 36.6 Å². The number of nitrogens with one attached hydrogen (secondary N) is 1. The van der Waals surface area contributed by atoms with Gasteiger partial charge in [0, 0.05) is 6.08 Å². The van der Waals surface area contributed by atoms with E-state index in [9.17, 15) is 9.59 Å². The highest BCUT2D eigenvalue weighted by Crippen LogP contribution is 2.36. The van der Waals surface area contributed by atoms with Gasteiger partial charge in [-0.15, -0.1) is 0 Å². The molecule has 0 saturated heterocycles. The molecule has 0 aromatic heterocycles. The Morgan fingerprint density at radius 3 is 2.56 bits per heavy atom. The lowest BCUT2D eigenvalue weighted by molar-refractivity contribution is -0.111. The minimum Gasteiger partial charge on any atom is -0.493 e. The molecule has 0 saturated carbocycles. The van der Waals surface area contributed by atoms with Gasteiger partial charge < -0.3 is 19.5 Å². The van der Waals surface area contributed by atoms with Crippen molar-refractivity contribution in [1.29, 1.82) is 0 Å². The number of esters is 1. The highest BCUT2D eigenvalue weighted by atomic mass is 79.9. The number of carbonyl (C=O) groups is 2. The molecule has 0 spiro atoms. The number of carbonyl (C=O) groups excluding carboxylic acids is 2. The van der Waals surface area contributed by atoms with Crippen molar-refractivity contribution in [3.63, 3.8) is 0 Å². The van der Waals surface area contributed by atoms with Gasteiger partial charge in [0.15, 0.2) is 11.5 Å². The SMILES string of the molecule is CCOC(=O)c1ccccc1NC(=O)C=Cc1cc(Br)c(OC)c(OC)c1. The van der Waals surface area contributed by atoms with E-state index in [1.54, 1.807) is 56.5 Å². The van der Waals surface area contributed by atoms with Crippen LogP contribution in [0.4, 0.5) is 5.69 Å². The van der Waals surface area contributed by atoms with Crippen LogP contribution in [0.2, 0.25) is 0 Å². The second-order valence-corrected chi connectivity index (χ2v) is 6.18. The van der Waals surface area contributed by atoms with Crippen LogP contribution in [0.3, 0.4) is 0 Å². The summed E-state index contributed by atoms with van der Waals surface area (Å²) >= 11 is 3.41. The lowest BCUT2D eigenvalue weighted by Crippen LogP contribution is -2.13. The van der Waals surface area contributed by atoms with Crippen molar-refractivity contribution in [2.24, 2.45) is 0 Å². The second-order valence-electron chi connectivity index (χ2n) is 5.33. The molecule has 0 aliphatic rings. The summed E-state index contributed by atoms with van der Waals surface area (Å²) < 4.78 is 16.3. The maximum atomic E-state index is 12.3. The van der Waals surface area contributed by atoms with Gasteiger partial charge in [0.1, 0.15) is 0 Å². The smallest absolute Gasteiger partial charge is 0.340 e. The monoisotopic (exact) mass is 433 g/mol. The van der Waals surface area contributed by atoms with E-state index in [1.165, 1.54) is 13.2 Å². The molecule has 0 bridgehead atoms. The van der Waals surface area contributed by atoms with E-state index in [-0.39, 0.29) is 12.5 Å². The summed E-state index contributed by atoms with van der Waals surface area (Å²) in [6.07, 6.45) is 3.00. The highest BCUT2D eigenvalue weighted by Gasteiger charge is 2.13. The van der Waals surface area contributed by atoms with Crippen LogP contribution in [0, 0.1) is 0 Å². The van der Waals surface area contributed by atoms with E-state index >= 15 is 0 Å². The Morgan fingerprint density at radius 1 is 1.15 bits per heavy atom. The minimum absolute atomic E-state index is 0.259. The summed E-state index contributed by atoms with van der Waals surface area (Å²) in [5, 5.41) is 2.69. The lowest BCUT2D eigenvalue weighted by atomic mass is 10.1. The summed E-state index contributed by atoms with van der Waals surface area (Å²) in [7, 11) is 3.09. The van der Waals surface area contributed by atoms with Crippen LogP contribution in [0.1, 0.15) is 22.8 Å². The first-order valence-corrected chi connectivity index (χ1v) is 8.96. The van der Waals surface area contributed by atoms with Crippen LogP contribution >= 0.6 is 15.9 Å². The number of methoxy groups -OCH3 is 2. The fourth-order valence-corrected chi connectivity index (χ4v) is 2.98. The van der Waals surface area contributed by atoms with Crippen molar-refractivity contribution in [2.45, 2.75) is 6.92 Å². The van der Waals surface area contributed by atoms with Crippen molar-refractivity contribution in [2.75, 3.05) is 26.1 Å². The molecule has 2 aromatic carbocycles. The zero-order valence-electron chi connectivity index (χ0n) is 15.2. The normalized spacial score (nSPS) is 10.5. The standard InChI is InChI=1S/C20H20BrNO5/c1-4-27-20(24)14-7-5-6-8-16(14)22-18(23)10-9-13-11-15(21)19(26-3)17(12-13)25-2/h5-12H,4H2,1-3H3,(H,22,23). The molecule has 142 valence electrons. The fraction of sp³-hybridized carbons (Fsp3) is 0.200. The Kier molecular flexibility index (Phi) is 7.43. The molecule has 1 amide bonds. The summed E-state index contributed by atoms with van der Waals surface area (Å²) in [5.41, 5.74) is 1.43. The summed E-state index contributed by atoms with van der Waals surface area (Å²) in [4.78, 5) is 24.2. The van der Waals surface area contributed by atoms with E-state index in [2.05, 4.69) is 21.2 Å². The van der Waals surface area contributed by atoms with Crippen LogP contribution in [0.15, 0.2) is 46.9 Å². The zero-order valence-corrected chi connectivity index (χ0v) is 16.8. The third-order valence-electron chi connectivity index (χ3n) is 3.56. The number of hydrogen-bond acceptors (Lipinski definition) is 5. The van der Waals surface area contributed by atoms with E-state index in [1.807, 2.05) is 0 Å². The molecule has 0 fully saturated rings. The van der Waals surface area contributed by atoms with Gasteiger partial charge in [-0.1, -0.05) is 12.1 Å². The Labute approximate surface area is 166 Å². The number of amides is 1. The average molecular weight is 434 g/mol. The van der Waals surface area contributed by atoms with E-state index in [4.69, 9.17) is 14.2 Å².